The Hall–Kier alpha value is -0.740. The van der Waals surface area contributed by atoms with Crippen LogP contribution >= 0.6 is 15.9 Å². The quantitative estimate of drug-likeness (QED) is 0.752. The molecule has 1 aromatic rings. The first-order chi connectivity index (χ1) is 7.63. The van der Waals surface area contributed by atoms with E-state index in [4.69, 9.17) is 4.74 Å². The Morgan fingerprint density at radius 2 is 2.25 bits per heavy atom. The van der Waals surface area contributed by atoms with Gasteiger partial charge in [-0.1, -0.05) is 15.9 Å². The van der Waals surface area contributed by atoms with Crippen molar-refractivity contribution in [2.45, 2.75) is 19.3 Å². The number of ether oxygens (including phenoxy) is 1. The molecule has 88 valence electrons. The van der Waals surface area contributed by atoms with Gasteiger partial charge in [-0.2, -0.15) is 0 Å². The second-order valence-electron chi connectivity index (χ2n) is 3.55. The van der Waals surface area contributed by atoms with E-state index in [9.17, 15) is 9.18 Å². The molecule has 0 heterocycles. The fourth-order valence-corrected chi connectivity index (χ4v) is 1.80. The van der Waals surface area contributed by atoms with Crippen LogP contribution in [0.1, 0.15) is 18.4 Å². The largest absolute Gasteiger partial charge is 0.385 e. The van der Waals surface area contributed by atoms with E-state index < -0.39 is 0 Å². The van der Waals surface area contributed by atoms with Gasteiger partial charge in [0.25, 0.3) is 0 Å². The van der Waals surface area contributed by atoms with Gasteiger partial charge in [0.15, 0.2) is 0 Å². The number of halogens is 2. The lowest BCUT2D eigenvalue weighted by molar-refractivity contribution is -0.118. The zero-order chi connectivity index (χ0) is 12.0. The number of hydrogen-bond acceptors (Lipinski definition) is 2. The Morgan fingerprint density at radius 1 is 1.50 bits per heavy atom. The average Bonchev–Trinajstić information content (AvgIpc) is 2.24. The van der Waals surface area contributed by atoms with Crippen molar-refractivity contribution >= 4 is 21.7 Å². The van der Waals surface area contributed by atoms with Crippen LogP contribution in [0.3, 0.4) is 0 Å². The highest BCUT2D eigenvalue weighted by atomic mass is 79.9. The number of hydrogen-bond donors (Lipinski definition) is 0. The van der Waals surface area contributed by atoms with Gasteiger partial charge in [-0.05, 0) is 30.2 Å². The van der Waals surface area contributed by atoms with Crippen molar-refractivity contribution in [2.24, 2.45) is 0 Å². The number of carbonyl (C=O) groups is 1. The molecule has 4 heteroatoms. The molecule has 0 amide bonds. The number of Topliss-reactive ketones (excluding diaryl/α,β-unsaturated/α-hetero) is 1. The highest BCUT2D eigenvalue weighted by Crippen LogP contribution is 2.16. The highest BCUT2D eigenvalue weighted by molar-refractivity contribution is 9.10. The molecule has 0 radical (unpaired) electrons. The summed E-state index contributed by atoms with van der Waals surface area (Å²) in [6.45, 7) is 0.562. The third kappa shape index (κ3) is 4.41. The van der Waals surface area contributed by atoms with Crippen LogP contribution in [0.4, 0.5) is 4.39 Å². The maximum Gasteiger partial charge on any atom is 0.137 e. The lowest BCUT2D eigenvalue weighted by Crippen LogP contribution is -2.05. The summed E-state index contributed by atoms with van der Waals surface area (Å²) in [5.74, 6) is -0.294. The summed E-state index contributed by atoms with van der Waals surface area (Å²) in [7, 11) is 1.60. The van der Waals surface area contributed by atoms with Gasteiger partial charge >= 0.3 is 0 Å². The second kappa shape index (κ2) is 6.76. The van der Waals surface area contributed by atoms with Crippen molar-refractivity contribution in [3.63, 3.8) is 0 Å². The smallest absolute Gasteiger partial charge is 0.137 e. The molecule has 0 fully saturated rings. The summed E-state index contributed by atoms with van der Waals surface area (Å²) in [6, 6.07) is 4.62. The third-order valence-electron chi connectivity index (χ3n) is 2.20. The molecule has 2 nitrogen and oxygen atoms in total. The van der Waals surface area contributed by atoms with E-state index in [0.29, 0.717) is 25.0 Å². The summed E-state index contributed by atoms with van der Waals surface area (Å²) in [5, 5.41) is 0. The van der Waals surface area contributed by atoms with Crippen LogP contribution in [0, 0.1) is 5.82 Å². The average molecular weight is 289 g/mol. The Balaban J connectivity index is 2.52. The van der Waals surface area contributed by atoms with E-state index >= 15 is 0 Å². The van der Waals surface area contributed by atoms with E-state index in [1.165, 1.54) is 6.07 Å². The monoisotopic (exact) mass is 288 g/mol. The van der Waals surface area contributed by atoms with Gasteiger partial charge in [-0.25, -0.2) is 4.39 Å². The van der Waals surface area contributed by atoms with Crippen LogP contribution < -0.4 is 0 Å². The molecule has 1 rings (SSSR count). The van der Waals surface area contributed by atoms with Gasteiger partial charge in [0.2, 0.25) is 0 Å². The van der Waals surface area contributed by atoms with E-state index in [0.717, 1.165) is 4.47 Å². The molecule has 1 aromatic carbocycles. The molecule has 0 saturated carbocycles. The van der Waals surface area contributed by atoms with Gasteiger partial charge in [0.1, 0.15) is 11.6 Å². The van der Waals surface area contributed by atoms with Crippen molar-refractivity contribution in [1.29, 1.82) is 0 Å². The van der Waals surface area contributed by atoms with Crippen molar-refractivity contribution in [1.82, 2.24) is 0 Å². The molecule has 16 heavy (non-hydrogen) atoms. The molecule has 0 aliphatic heterocycles. The minimum Gasteiger partial charge on any atom is -0.385 e. The first kappa shape index (κ1) is 13.3. The number of carbonyl (C=O) groups excluding carboxylic acids is 1. The lowest BCUT2D eigenvalue weighted by atomic mass is 10.1. The number of rotatable bonds is 6. The predicted molar refractivity (Wildman–Crippen MR) is 63.9 cm³/mol. The number of benzene rings is 1. The Labute approximate surface area is 103 Å². The van der Waals surface area contributed by atoms with Crippen molar-refractivity contribution < 1.29 is 13.9 Å². The molecule has 0 aliphatic rings. The third-order valence-corrected chi connectivity index (χ3v) is 2.69. The zero-order valence-corrected chi connectivity index (χ0v) is 10.7. The highest BCUT2D eigenvalue weighted by Gasteiger charge is 2.08. The summed E-state index contributed by atoms with van der Waals surface area (Å²) in [4.78, 5) is 11.5. The molecule has 0 unspecified atom stereocenters. The Kier molecular flexibility index (Phi) is 5.63. The minimum absolute atomic E-state index is 0.0362. The van der Waals surface area contributed by atoms with E-state index in [1.807, 2.05) is 0 Å². The second-order valence-corrected chi connectivity index (χ2v) is 4.46. The fourth-order valence-electron chi connectivity index (χ4n) is 1.39. The van der Waals surface area contributed by atoms with Gasteiger partial charge < -0.3 is 4.74 Å². The summed E-state index contributed by atoms with van der Waals surface area (Å²) in [6.07, 6.45) is 1.26. The Morgan fingerprint density at radius 3 is 2.94 bits per heavy atom. The first-order valence-corrected chi connectivity index (χ1v) is 5.87. The minimum atomic E-state index is -0.330. The molecule has 0 aliphatic carbocycles. The van der Waals surface area contributed by atoms with Crippen molar-refractivity contribution in [3.05, 3.63) is 34.1 Å². The van der Waals surface area contributed by atoms with Gasteiger partial charge in [0, 0.05) is 31.0 Å². The maximum absolute atomic E-state index is 13.3. The molecule has 0 atom stereocenters. The van der Waals surface area contributed by atoms with Crippen LogP contribution in [-0.2, 0) is 16.0 Å². The standard InChI is InChI=1S/C12H14BrFO2/c1-16-6-2-3-11(15)8-9-7-10(13)4-5-12(9)14/h4-5,7H,2-3,6,8H2,1H3. The van der Waals surface area contributed by atoms with Crippen LogP contribution in [0.25, 0.3) is 0 Å². The van der Waals surface area contributed by atoms with Crippen LogP contribution in [0.5, 0.6) is 0 Å². The Bertz CT molecular complexity index is 366. The van der Waals surface area contributed by atoms with Crippen LogP contribution in [0.2, 0.25) is 0 Å². The molecule has 0 aromatic heterocycles. The molecular weight excluding hydrogens is 275 g/mol. The number of methoxy groups -OCH3 is 1. The van der Waals surface area contributed by atoms with E-state index in [1.54, 1.807) is 19.2 Å². The lowest BCUT2D eigenvalue weighted by Gasteiger charge is -2.03. The normalized spacial score (nSPS) is 10.4. The SMILES string of the molecule is COCCCC(=O)Cc1cc(Br)ccc1F. The molecule has 0 bridgehead atoms. The topological polar surface area (TPSA) is 26.3 Å². The number of ketones is 1. The van der Waals surface area contributed by atoms with Crippen molar-refractivity contribution in [2.75, 3.05) is 13.7 Å². The summed E-state index contributed by atoms with van der Waals surface area (Å²) >= 11 is 3.25. The first-order valence-electron chi connectivity index (χ1n) is 5.08. The zero-order valence-electron chi connectivity index (χ0n) is 9.13. The molecule has 0 N–H and O–H groups in total. The molecule has 0 spiro atoms. The maximum atomic E-state index is 13.3. The van der Waals surface area contributed by atoms with Gasteiger partial charge in [-0.3, -0.25) is 4.79 Å². The predicted octanol–water partition coefficient (Wildman–Crippen LogP) is 3.13. The summed E-state index contributed by atoms with van der Waals surface area (Å²) in [5.41, 5.74) is 0.441. The van der Waals surface area contributed by atoms with Gasteiger partial charge in [0.05, 0.1) is 0 Å². The van der Waals surface area contributed by atoms with E-state index in [2.05, 4.69) is 15.9 Å². The molecule has 0 saturated heterocycles. The van der Waals surface area contributed by atoms with Crippen molar-refractivity contribution in [3.8, 4) is 0 Å². The fraction of sp³-hybridized carbons (Fsp3) is 0.417. The van der Waals surface area contributed by atoms with E-state index in [-0.39, 0.29) is 18.0 Å². The summed E-state index contributed by atoms with van der Waals surface area (Å²) < 4.78 is 19.0. The van der Waals surface area contributed by atoms with Crippen LogP contribution in [0.15, 0.2) is 22.7 Å². The molecular formula is C12H14BrFO2. The van der Waals surface area contributed by atoms with Crippen LogP contribution in [-0.4, -0.2) is 19.5 Å². The van der Waals surface area contributed by atoms with Gasteiger partial charge in [-0.15, -0.1) is 0 Å².